The van der Waals surface area contributed by atoms with E-state index >= 15 is 0 Å². The largest absolute Gasteiger partial charge is 0.493 e. The number of nitrogens with zero attached hydrogens (tertiary/aromatic N) is 4. The Labute approximate surface area is 190 Å². The highest BCUT2D eigenvalue weighted by atomic mass is 35.5. The number of nitrogens with one attached hydrogen (secondary N) is 3. The zero-order chi connectivity index (χ0) is 23.7. The number of aromatic amines is 1. The molecule has 0 bridgehead atoms. The number of fused-ring (bicyclic) bond motifs is 1. The van der Waals surface area contributed by atoms with Gasteiger partial charge in [-0.1, -0.05) is 17.7 Å². The van der Waals surface area contributed by atoms with Crippen molar-refractivity contribution in [3.8, 4) is 11.8 Å². The van der Waals surface area contributed by atoms with E-state index in [0.29, 0.717) is 22.1 Å². The smallest absolute Gasteiger partial charge is 0.277 e. The number of aromatic nitrogens is 4. The van der Waals surface area contributed by atoms with Crippen molar-refractivity contribution >= 4 is 45.6 Å². The fourth-order valence-corrected chi connectivity index (χ4v) is 3.53. The van der Waals surface area contributed by atoms with Crippen molar-refractivity contribution in [2.45, 2.75) is 6.43 Å². The first kappa shape index (κ1) is 22.0. The second-order valence-electron chi connectivity index (χ2n) is 6.87. The maximum atomic E-state index is 13.1. The van der Waals surface area contributed by atoms with Crippen molar-refractivity contribution in [2.75, 3.05) is 17.7 Å². The molecule has 3 heterocycles. The number of halogens is 3. The van der Waals surface area contributed by atoms with Crippen molar-refractivity contribution in [1.29, 1.82) is 5.26 Å². The standard InChI is InChI=1S/C21H16ClF2N7O2/c1-31-21(32)17-13(26-12-5-3-4-11(22)18(12)33-2)8-16(29-20(17)30-31)28-15-7-6-10(19(23)24)14(9-25)27-15/h3-8,19H,1-2H3,(H3,26,27,28,29,30). The maximum Gasteiger partial charge on any atom is 0.277 e. The number of hydrogen-bond donors (Lipinski definition) is 3. The molecule has 12 heteroatoms. The van der Waals surface area contributed by atoms with Gasteiger partial charge in [0.2, 0.25) is 0 Å². The minimum absolute atomic E-state index is 0.132. The van der Waals surface area contributed by atoms with Crippen molar-refractivity contribution < 1.29 is 13.5 Å². The number of pyridine rings is 2. The second kappa shape index (κ2) is 8.76. The number of nitriles is 1. The van der Waals surface area contributed by atoms with Crippen LogP contribution in [0, 0.1) is 11.3 Å². The Morgan fingerprint density at radius 3 is 2.67 bits per heavy atom. The summed E-state index contributed by atoms with van der Waals surface area (Å²) in [5, 5.41) is 18.7. The lowest BCUT2D eigenvalue weighted by molar-refractivity contribution is 0.150. The lowest BCUT2D eigenvalue weighted by atomic mass is 10.2. The first-order chi connectivity index (χ1) is 15.8. The Morgan fingerprint density at radius 2 is 1.97 bits per heavy atom. The average Bonchev–Trinajstić information content (AvgIpc) is 3.07. The van der Waals surface area contributed by atoms with Crippen LogP contribution in [0.2, 0.25) is 5.02 Å². The Kier molecular flexibility index (Phi) is 5.85. The van der Waals surface area contributed by atoms with E-state index in [1.54, 1.807) is 37.4 Å². The minimum atomic E-state index is -2.83. The van der Waals surface area contributed by atoms with Gasteiger partial charge in [0.05, 0.1) is 29.1 Å². The third kappa shape index (κ3) is 4.16. The highest BCUT2D eigenvalue weighted by molar-refractivity contribution is 6.32. The van der Waals surface area contributed by atoms with Gasteiger partial charge < -0.3 is 15.4 Å². The molecule has 33 heavy (non-hydrogen) atoms. The van der Waals surface area contributed by atoms with E-state index in [0.717, 1.165) is 6.07 Å². The summed E-state index contributed by atoms with van der Waals surface area (Å²) >= 11 is 6.20. The number of rotatable bonds is 6. The molecular formula is C21H16ClF2N7O2. The predicted octanol–water partition coefficient (Wildman–Crippen LogP) is 4.62. The predicted molar refractivity (Wildman–Crippen MR) is 120 cm³/mol. The summed E-state index contributed by atoms with van der Waals surface area (Å²) in [6.45, 7) is 0. The van der Waals surface area contributed by atoms with Crippen LogP contribution < -0.4 is 20.9 Å². The molecule has 1 aromatic carbocycles. The second-order valence-corrected chi connectivity index (χ2v) is 7.28. The van der Waals surface area contributed by atoms with Gasteiger partial charge in [-0.15, -0.1) is 0 Å². The van der Waals surface area contributed by atoms with Crippen molar-refractivity contribution in [1.82, 2.24) is 19.7 Å². The number of H-pyrrole nitrogens is 1. The van der Waals surface area contributed by atoms with E-state index in [1.165, 1.54) is 17.9 Å². The van der Waals surface area contributed by atoms with Crippen LogP contribution >= 0.6 is 11.6 Å². The molecule has 0 aliphatic carbocycles. The fraction of sp³-hybridized carbons (Fsp3) is 0.143. The van der Waals surface area contributed by atoms with Crippen LogP contribution in [0.15, 0.2) is 41.2 Å². The van der Waals surface area contributed by atoms with Crippen LogP contribution in [0.3, 0.4) is 0 Å². The Bertz CT molecular complexity index is 1460. The molecule has 0 aliphatic rings. The fourth-order valence-electron chi connectivity index (χ4n) is 3.28. The van der Waals surface area contributed by atoms with Gasteiger partial charge in [-0.2, -0.15) is 5.26 Å². The number of alkyl halides is 2. The summed E-state index contributed by atoms with van der Waals surface area (Å²) in [5.41, 5.74) is -0.0209. The van der Waals surface area contributed by atoms with E-state index in [1.807, 2.05) is 0 Å². The van der Waals surface area contributed by atoms with Crippen molar-refractivity contribution in [2.24, 2.45) is 7.05 Å². The van der Waals surface area contributed by atoms with Gasteiger partial charge in [-0.3, -0.25) is 14.6 Å². The molecule has 0 atom stereocenters. The first-order valence-electron chi connectivity index (χ1n) is 9.48. The molecule has 3 aromatic heterocycles. The molecule has 0 amide bonds. The first-order valence-corrected chi connectivity index (χ1v) is 9.85. The van der Waals surface area contributed by atoms with Gasteiger partial charge in [-0.25, -0.2) is 18.7 Å². The van der Waals surface area contributed by atoms with Gasteiger partial charge in [-0.05, 0) is 24.3 Å². The number of ether oxygens (including phenoxy) is 1. The lowest BCUT2D eigenvalue weighted by Crippen LogP contribution is -2.12. The topological polar surface area (TPSA) is 121 Å². The molecule has 3 N–H and O–H groups in total. The number of aryl methyl sites for hydroxylation is 1. The molecule has 0 aliphatic heterocycles. The zero-order valence-electron chi connectivity index (χ0n) is 17.3. The van der Waals surface area contributed by atoms with E-state index in [-0.39, 0.29) is 28.2 Å². The van der Waals surface area contributed by atoms with E-state index in [2.05, 4.69) is 25.7 Å². The highest BCUT2D eigenvalue weighted by Crippen LogP contribution is 2.36. The number of para-hydroxylation sites is 1. The number of anilines is 4. The minimum Gasteiger partial charge on any atom is -0.493 e. The summed E-state index contributed by atoms with van der Waals surface area (Å²) in [6, 6.07) is 10.8. The van der Waals surface area contributed by atoms with Crippen LogP contribution in [0.4, 0.5) is 31.8 Å². The molecule has 0 unspecified atom stereocenters. The van der Waals surface area contributed by atoms with Crippen molar-refractivity contribution in [3.05, 3.63) is 63.0 Å². The Morgan fingerprint density at radius 1 is 1.18 bits per heavy atom. The quantitative estimate of drug-likeness (QED) is 0.375. The Hall–Kier alpha value is -4.17. The molecular weight excluding hydrogens is 456 g/mol. The van der Waals surface area contributed by atoms with Gasteiger partial charge in [0.15, 0.2) is 17.1 Å². The molecule has 4 rings (SSSR count). The summed E-state index contributed by atoms with van der Waals surface area (Å²) in [5.74, 6) is 0.760. The third-order valence-electron chi connectivity index (χ3n) is 4.78. The molecule has 9 nitrogen and oxygen atoms in total. The van der Waals surface area contributed by atoms with E-state index in [4.69, 9.17) is 21.6 Å². The SMILES string of the molecule is COc1c(Cl)cccc1Nc1cc(Nc2ccc(C(F)F)c(C#N)n2)nc2[nH]n(C)c(=O)c12. The summed E-state index contributed by atoms with van der Waals surface area (Å²) in [7, 11) is 3.02. The van der Waals surface area contributed by atoms with Gasteiger partial charge >= 0.3 is 0 Å². The van der Waals surface area contributed by atoms with Gasteiger partial charge in [0.1, 0.15) is 23.1 Å². The highest BCUT2D eigenvalue weighted by Gasteiger charge is 2.18. The molecule has 0 radical (unpaired) electrons. The number of benzene rings is 1. The van der Waals surface area contributed by atoms with Crippen molar-refractivity contribution in [3.63, 3.8) is 0 Å². The third-order valence-corrected chi connectivity index (χ3v) is 5.07. The molecule has 168 valence electrons. The van der Waals surface area contributed by atoms with Crippen LogP contribution in [-0.4, -0.2) is 26.9 Å². The molecule has 0 spiro atoms. The van der Waals surface area contributed by atoms with Crippen LogP contribution in [-0.2, 0) is 7.05 Å². The van der Waals surface area contributed by atoms with Crippen LogP contribution in [0.5, 0.6) is 5.75 Å². The normalized spacial score (nSPS) is 10.9. The van der Waals surface area contributed by atoms with Gasteiger partial charge in [0, 0.05) is 13.1 Å². The van der Waals surface area contributed by atoms with Gasteiger partial charge in [0.25, 0.3) is 12.0 Å². The molecule has 0 fully saturated rings. The summed E-state index contributed by atoms with van der Waals surface area (Å²) < 4.78 is 32.7. The monoisotopic (exact) mass is 471 g/mol. The Balaban J connectivity index is 1.80. The number of hydrogen-bond acceptors (Lipinski definition) is 7. The summed E-state index contributed by atoms with van der Waals surface area (Å²) in [6.07, 6.45) is -2.83. The molecule has 0 saturated heterocycles. The average molecular weight is 472 g/mol. The van der Waals surface area contributed by atoms with E-state index in [9.17, 15) is 13.6 Å². The molecule has 4 aromatic rings. The van der Waals surface area contributed by atoms with Crippen LogP contribution in [0.1, 0.15) is 17.7 Å². The van der Waals surface area contributed by atoms with E-state index < -0.39 is 17.7 Å². The molecule has 0 saturated carbocycles. The number of methoxy groups -OCH3 is 1. The maximum absolute atomic E-state index is 13.1. The zero-order valence-corrected chi connectivity index (χ0v) is 18.0. The summed E-state index contributed by atoms with van der Waals surface area (Å²) in [4.78, 5) is 21.0. The lowest BCUT2D eigenvalue weighted by Gasteiger charge is -2.14. The van der Waals surface area contributed by atoms with Crippen LogP contribution in [0.25, 0.3) is 11.0 Å².